The molecule has 0 bridgehead atoms. The zero-order valence-electron chi connectivity index (χ0n) is 16.3. The molecule has 0 fully saturated rings. The molecular weight excluding hydrogens is 394 g/mol. The van der Waals surface area contributed by atoms with Gasteiger partial charge in [-0.05, 0) is 25.1 Å². The summed E-state index contributed by atoms with van der Waals surface area (Å²) in [5, 5.41) is 14.9. The van der Waals surface area contributed by atoms with Gasteiger partial charge in [-0.2, -0.15) is 0 Å². The predicted molar refractivity (Wildman–Crippen MR) is 121 cm³/mol. The molecule has 4 aromatic rings. The molecule has 2 aromatic heterocycles. The molecule has 5 rings (SSSR count). The van der Waals surface area contributed by atoms with Crippen LogP contribution in [0.2, 0.25) is 0 Å². The van der Waals surface area contributed by atoms with Crippen molar-refractivity contribution in [3.05, 3.63) is 95.0 Å². The molecule has 2 N–H and O–H groups in total. The normalized spacial score (nSPS) is 15.7. The van der Waals surface area contributed by atoms with Crippen molar-refractivity contribution in [3.63, 3.8) is 0 Å². The molecule has 1 unspecified atom stereocenters. The summed E-state index contributed by atoms with van der Waals surface area (Å²) < 4.78 is 5.83. The topological polar surface area (TPSA) is 75.3 Å². The molecule has 0 spiro atoms. The minimum absolute atomic E-state index is 0.297. The van der Waals surface area contributed by atoms with Crippen molar-refractivity contribution in [2.45, 2.75) is 13.1 Å². The standard InChI is InChI=1S/C23H19N5OS/c1-14-12-13-19(30-14)22-27-28-23(29-22)26-21-15(2)24-18-11-7-6-10-17(18)20(25-21)16-8-4-3-5-9-16/h3-13,21,24H,2H2,1H3,(H,26,28). The Kier molecular flexibility index (Phi) is 4.65. The minimum atomic E-state index is -0.481. The molecule has 0 radical (unpaired) electrons. The van der Waals surface area contributed by atoms with Gasteiger partial charge < -0.3 is 15.1 Å². The van der Waals surface area contributed by atoms with Crippen LogP contribution in [-0.4, -0.2) is 22.1 Å². The number of aryl methyl sites for hydroxylation is 1. The number of nitrogens with zero attached hydrogens (tertiary/aromatic N) is 3. The van der Waals surface area contributed by atoms with Gasteiger partial charge >= 0.3 is 6.01 Å². The summed E-state index contributed by atoms with van der Waals surface area (Å²) in [6.45, 7) is 6.22. The van der Waals surface area contributed by atoms with Crippen molar-refractivity contribution >= 4 is 28.8 Å². The van der Waals surface area contributed by atoms with Crippen LogP contribution < -0.4 is 10.6 Å². The fraction of sp³-hybridized carbons (Fsp3) is 0.0870. The molecule has 148 valence electrons. The van der Waals surface area contributed by atoms with Gasteiger partial charge in [-0.3, -0.25) is 4.99 Å². The molecule has 7 heteroatoms. The van der Waals surface area contributed by atoms with E-state index in [9.17, 15) is 0 Å². The third kappa shape index (κ3) is 3.51. The largest absolute Gasteiger partial charge is 0.402 e. The lowest BCUT2D eigenvalue weighted by atomic mass is 10.0. The Morgan fingerprint density at radius 2 is 1.80 bits per heavy atom. The fourth-order valence-electron chi connectivity index (χ4n) is 3.31. The van der Waals surface area contributed by atoms with Crippen molar-refractivity contribution in [3.8, 4) is 10.8 Å². The Labute approximate surface area is 178 Å². The van der Waals surface area contributed by atoms with Crippen LogP contribution in [0.5, 0.6) is 0 Å². The van der Waals surface area contributed by atoms with Crippen LogP contribution in [0.4, 0.5) is 11.7 Å². The zero-order valence-corrected chi connectivity index (χ0v) is 17.1. The lowest BCUT2D eigenvalue weighted by Gasteiger charge is -2.15. The first-order valence-electron chi connectivity index (χ1n) is 9.53. The van der Waals surface area contributed by atoms with E-state index in [2.05, 4.69) is 27.4 Å². The van der Waals surface area contributed by atoms with Crippen LogP contribution in [-0.2, 0) is 0 Å². The lowest BCUT2D eigenvalue weighted by molar-refractivity contribution is 0.576. The summed E-state index contributed by atoms with van der Waals surface area (Å²) in [7, 11) is 0. The van der Waals surface area contributed by atoms with Crippen LogP contribution in [0.3, 0.4) is 0 Å². The smallest absolute Gasteiger partial charge is 0.317 e. The van der Waals surface area contributed by atoms with Crippen LogP contribution in [0, 0.1) is 6.92 Å². The summed E-state index contributed by atoms with van der Waals surface area (Å²) in [6.07, 6.45) is -0.481. The Morgan fingerprint density at radius 1 is 1.00 bits per heavy atom. The Morgan fingerprint density at radius 3 is 2.60 bits per heavy atom. The van der Waals surface area contributed by atoms with Crippen LogP contribution in [0.1, 0.15) is 16.0 Å². The van der Waals surface area contributed by atoms with Gasteiger partial charge in [-0.1, -0.05) is 60.2 Å². The van der Waals surface area contributed by atoms with E-state index in [1.165, 1.54) is 4.88 Å². The fourth-order valence-corrected chi connectivity index (χ4v) is 4.10. The maximum Gasteiger partial charge on any atom is 0.317 e. The van der Waals surface area contributed by atoms with Gasteiger partial charge in [0.1, 0.15) is 0 Å². The average Bonchev–Trinajstić information content (AvgIpc) is 3.38. The number of benzodiazepines with no additional fused rings is 1. The quantitative estimate of drug-likeness (QED) is 0.473. The molecular formula is C23H19N5OS. The molecule has 2 aromatic carbocycles. The number of rotatable bonds is 4. The van der Waals surface area contributed by atoms with Crippen molar-refractivity contribution in [2.75, 3.05) is 10.6 Å². The molecule has 6 nitrogen and oxygen atoms in total. The van der Waals surface area contributed by atoms with E-state index >= 15 is 0 Å². The summed E-state index contributed by atoms with van der Waals surface area (Å²) in [6, 6.07) is 22.5. The monoisotopic (exact) mass is 413 g/mol. The highest BCUT2D eigenvalue weighted by molar-refractivity contribution is 7.15. The molecule has 1 aliphatic rings. The summed E-state index contributed by atoms with van der Waals surface area (Å²) in [5.41, 5.74) is 4.54. The Hall–Kier alpha value is -3.71. The van der Waals surface area contributed by atoms with Gasteiger partial charge in [0, 0.05) is 21.7 Å². The average molecular weight is 414 g/mol. The third-order valence-corrected chi connectivity index (χ3v) is 5.74. The van der Waals surface area contributed by atoms with Crippen LogP contribution >= 0.6 is 11.3 Å². The Balaban J connectivity index is 1.51. The van der Waals surface area contributed by atoms with E-state index in [-0.39, 0.29) is 0 Å². The highest BCUT2D eigenvalue weighted by atomic mass is 32.1. The van der Waals surface area contributed by atoms with Gasteiger partial charge in [0.15, 0.2) is 6.17 Å². The summed E-state index contributed by atoms with van der Waals surface area (Å²) in [5.74, 6) is 0.485. The number of thiophene rings is 1. The Bertz CT molecular complexity index is 1240. The van der Waals surface area contributed by atoms with Crippen molar-refractivity contribution in [2.24, 2.45) is 4.99 Å². The molecule has 3 heterocycles. The first kappa shape index (κ1) is 18.3. The van der Waals surface area contributed by atoms with Gasteiger partial charge in [0.2, 0.25) is 0 Å². The van der Waals surface area contributed by atoms with Crippen molar-refractivity contribution < 1.29 is 4.42 Å². The maximum atomic E-state index is 5.83. The van der Waals surface area contributed by atoms with Gasteiger partial charge in [0.05, 0.1) is 16.3 Å². The number of nitrogens with one attached hydrogen (secondary N) is 2. The minimum Gasteiger partial charge on any atom is -0.402 e. The second-order valence-corrected chi connectivity index (χ2v) is 8.20. The predicted octanol–water partition coefficient (Wildman–Crippen LogP) is 5.32. The number of aliphatic imine (C=N–C) groups is 1. The van der Waals surface area contributed by atoms with E-state index in [1.54, 1.807) is 11.3 Å². The van der Waals surface area contributed by atoms with Crippen molar-refractivity contribution in [1.82, 2.24) is 10.2 Å². The van der Waals surface area contributed by atoms with E-state index in [4.69, 9.17) is 9.41 Å². The third-order valence-electron chi connectivity index (χ3n) is 4.75. The first-order chi connectivity index (χ1) is 14.7. The second-order valence-electron chi connectivity index (χ2n) is 6.91. The molecule has 1 aliphatic heterocycles. The number of hydrogen-bond acceptors (Lipinski definition) is 7. The molecule has 1 atom stereocenters. The first-order valence-corrected chi connectivity index (χ1v) is 10.3. The number of para-hydroxylation sites is 1. The maximum absolute atomic E-state index is 5.83. The number of anilines is 2. The van der Waals surface area contributed by atoms with Gasteiger partial charge in [0.25, 0.3) is 5.89 Å². The highest BCUT2D eigenvalue weighted by Gasteiger charge is 2.23. The summed E-state index contributed by atoms with van der Waals surface area (Å²) in [4.78, 5) is 7.09. The zero-order chi connectivity index (χ0) is 20.5. The van der Waals surface area contributed by atoms with Crippen molar-refractivity contribution in [1.29, 1.82) is 0 Å². The number of aromatic nitrogens is 2. The van der Waals surface area contributed by atoms with E-state index in [0.29, 0.717) is 17.6 Å². The van der Waals surface area contributed by atoms with Crippen LogP contribution in [0.15, 0.2) is 88.4 Å². The lowest BCUT2D eigenvalue weighted by Crippen LogP contribution is -2.23. The van der Waals surface area contributed by atoms with Crippen LogP contribution in [0.25, 0.3) is 10.8 Å². The second kappa shape index (κ2) is 7.61. The van der Waals surface area contributed by atoms with E-state index in [1.807, 2.05) is 73.7 Å². The molecule has 0 saturated heterocycles. The molecule has 0 aliphatic carbocycles. The van der Waals surface area contributed by atoms with Gasteiger partial charge in [-0.25, -0.2) is 0 Å². The number of fused-ring (bicyclic) bond motifs is 1. The van der Waals surface area contributed by atoms with E-state index in [0.717, 1.165) is 27.4 Å². The molecule has 0 saturated carbocycles. The van der Waals surface area contributed by atoms with Gasteiger partial charge in [-0.15, -0.1) is 16.4 Å². The molecule has 0 amide bonds. The molecule has 30 heavy (non-hydrogen) atoms. The summed E-state index contributed by atoms with van der Waals surface area (Å²) >= 11 is 1.61. The number of benzene rings is 2. The van der Waals surface area contributed by atoms with E-state index < -0.39 is 6.17 Å². The highest BCUT2D eigenvalue weighted by Crippen LogP contribution is 2.30. The number of hydrogen-bond donors (Lipinski definition) is 2. The SMILES string of the molecule is C=C1Nc2ccccc2C(c2ccccc2)=NC1Nc1nnc(-c2ccc(C)s2)o1.